The first-order valence-corrected chi connectivity index (χ1v) is 9.08. The minimum atomic E-state index is -0.451. The molecule has 4 aromatic rings. The number of anilines is 1. The number of carbonyl (C=O) groups is 1. The van der Waals surface area contributed by atoms with Gasteiger partial charge in [-0.05, 0) is 50.1 Å². The first-order valence-electron chi connectivity index (χ1n) is 9.08. The van der Waals surface area contributed by atoms with Crippen LogP contribution in [0.25, 0.3) is 21.9 Å². The number of hydrogen-bond acceptors (Lipinski definition) is 4. The number of nitrogens with zero attached hydrogens (tertiary/aromatic N) is 3. The molecule has 0 saturated carbocycles. The van der Waals surface area contributed by atoms with E-state index in [4.69, 9.17) is 4.42 Å². The average Bonchev–Trinajstić information content (AvgIpc) is 3.08. The normalized spacial score (nSPS) is 11.3. The number of hydrogen-bond donors (Lipinski definition) is 0. The lowest BCUT2D eigenvalue weighted by Gasteiger charge is -2.20. The van der Waals surface area contributed by atoms with Gasteiger partial charge in [0.15, 0.2) is 0 Å². The second-order valence-electron chi connectivity index (χ2n) is 7.20. The Bertz CT molecular complexity index is 1280. The Balaban J connectivity index is 1.78. The van der Waals surface area contributed by atoms with Crippen molar-refractivity contribution in [3.63, 3.8) is 0 Å². The van der Waals surface area contributed by atoms with E-state index < -0.39 is 5.63 Å². The van der Waals surface area contributed by atoms with Crippen LogP contribution in [0, 0.1) is 20.8 Å². The summed E-state index contributed by atoms with van der Waals surface area (Å²) in [4.78, 5) is 26.9. The molecule has 0 spiro atoms. The van der Waals surface area contributed by atoms with E-state index >= 15 is 0 Å². The number of fused-ring (bicyclic) bond motifs is 3. The minimum absolute atomic E-state index is 0.0277. The fourth-order valence-electron chi connectivity index (χ4n) is 3.46. The quantitative estimate of drug-likeness (QED) is 0.512. The molecule has 2 heterocycles. The van der Waals surface area contributed by atoms with Crippen LogP contribution in [-0.2, 0) is 11.3 Å². The molecular weight excluding hydrogens is 354 g/mol. The van der Waals surface area contributed by atoms with Gasteiger partial charge in [-0.3, -0.25) is 9.48 Å². The zero-order valence-electron chi connectivity index (χ0n) is 16.3. The molecule has 0 unspecified atom stereocenters. The second kappa shape index (κ2) is 6.64. The van der Waals surface area contributed by atoms with Gasteiger partial charge in [0.2, 0.25) is 5.91 Å². The van der Waals surface area contributed by atoms with Gasteiger partial charge in [0.1, 0.15) is 17.5 Å². The second-order valence-corrected chi connectivity index (χ2v) is 7.20. The number of benzene rings is 2. The Morgan fingerprint density at radius 1 is 1.07 bits per heavy atom. The molecule has 0 aliphatic heterocycles. The molecule has 4 rings (SSSR count). The molecule has 6 nitrogen and oxygen atoms in total. The topological polar surface area (TPSA) is 68.3 Å². The Labute approximate surface area is 162 Å². The highest BCUT2D eigenvalue weighted by molar-refractivity contribution is 6.03. The zero-order chi connectivity index (χ0) is 20.0. The van der Waals surface area contributed by atoms with E-state index in [1.54, 1.807) is 22.7 Å². The Morgan fingerprint density at radius 2 is 1.79 bits per heavy atom. The van der Waals surface area contributed by atoms with E-state index in [9.17, 15) is 9.59 Å². The molecule has 0 N–H and O–H groups in total. The third kappa shape index (κ3) is 2.97. The van der Waals surface area contributed by atoms with Crippen molar-refractivity contribution in [1.82, 2.24) is 9.78 Å². The van der Waals surface area contributed by atoms with Gasteiger partial charge < -0.3 is 9.32 Å². The number of carbonyl (C=O) groups excluding carboxylic acids is 1. The van der Waals surface area contributed by atoms with E-state index in [0.717, 1.165) is 27.8 Å². The van der Waals surface area contributed by atoms with Crippen LogP contribution in [0.3, 0.4) is 0 Å². The van der Waals surface area contributed by atoms with Gasteiger partial charge in [-0.2, -0.15) is 5.10 Å². The van der Waals surface area contributed by atoms with E-state index in [0.29, 0.717) is 16.5 Å². The summed E-state index contributed by atoms with van der Waals surface area (Å²) in [6, 6.07) is 11.6. The number of rotatable bonds is 3. The molecule has 28 heavy (non-hydrogen) atoms. The van der Waals surface area contributed by atoms with Crippen LogP contribution < -0.4 is 10.5 Å². The van der Waals surface area contributed by atoms with Gasteiger partial charge in [-0.15, -0.1) is 0 Å². The molecule has 0 fully saturated rings. The standard InChI is InChI=1S/C22H21N3O3/c1-13-6-8-19-16(9-13)21-17(22(27)28-19)11-23-25(21)12-20(26)24(4)18-10-14(2)5-7-15(18)3/h5-11H,12H2,1-4H3. The molecule has 142 valence electrons. The third-order valence-corrected chi connectivity index (χ3v) is 5.04. The van der Waals surface area contributed by atoms with Crippen LogP contribution in [0.2, 0.25) is 0 Å². The molecule has 2 aromatic carbocycles. The minimum Gasteiger partial charge on any atom is -0.422 e. The number of aryl methyl sites for hydroxylation is 3. The van der Waals surface area contributed by atoms with Gasteiger partial charge in [0.05, 0.1) is 11.7 Å². The van der Waals surface area contributed by atoms with Gasteiger partial charge in [0, 0.05) is 18.1 Å². The number of likely N-dealkylation sites (N-methyl/N-ethyl adjacent to an activating group) is 1. The van der Waals surface area contributed by atoms with Crippen molar-refractivity contribution >= 4 is 33.5 Å². The maximum Gasteiger partial charge on any atom is 0.347 e. The summed E-state index contributed by atoms with van der Waals surface area (Å²) in [6.07, 6.45) is 1.47. The SMILES string of the molecule is Cc1ccc(C)c(N(C)C(=O)Cn2ncc3c(=O)oc4ccc(C)cc4c32)c1. The molecule has 6 heteroatoms. The van der Waals surface area contributed by atoms with Crippen LogP contribution in [0.5, 0.6) is 0 Å². The maximum atomic E-state index is 13.0. The maximum absolute atomic E-state index is 13.0. The average molecular weight is 375 g/mol. The number of amides is 1. The van der Waals surface area contributed by atoms with Gasteiger partial charge in [-0.25, -0.2) is 4.79 Å². The highest BCUT2D eigenvalue weighted by Crippen LogP contribution is 2.25. The monoisotopic (exact) mass is 375 g/mol. The van der Waals surface area contributed by atoms with Crippen LogP contribution in [0.15, 0.2) is 51.8 Å². The Kier molecular flexibility index (Phi) is 4.26. The van der Waals surface area contributed by atoms with Crippen molar-refractivity contribution in [2.75, 3.05) is 11.9 Å². The van der Waals surface area contributed by atoms with Crippen molar-refractivity contribution in [3.05, 3.63) is 69.7 Å². The largest absolute Gasteiger partial charge is 0.422 e. The van der Waals surface area contributed by atoms with E-state index in [1.807, 2.05) is 51.1 Å². The van der Waals surface area contributed by atoms with Gasteiger partial charge >= 0.3 is 5.63 Å². The zero-order valence-corrected chi connectivity index (χ0v) is 16.3. The molecule has 0 aliphatic rings. The summed E-state index contributed by atoms with van der Waals surface area (Å²) in [5.74, 6) is -0.118. The van der Waals surface area contributed by atoms with Crippen LogP contribution in [-0.4, -0.2) is 22.7 Å². The smallest absolute Gasteiger partial charge is 0.347 e. The summed E-state index contributed by atoms with van der Waals surface area (Å²) in [5.41, 5.74) is 4.67. The van der Waals surface area contributed by atoms with E-state index in [1.165, 1.54) is 6.20 Å². The molecule has 0 aliphatic carbocycles. The molecule has 0 atom stereocenters. The molecule has 0 saturated heterocycles. The first-order chi connectivity index (χ1) is 13.3. The highest BCUT2D eigenvalue weighted by Gasteiger charge is 2.18. The predicted molar refractivity (Wildman–Crippen MR) is 110 cm³/mol. The lowest BCUT2D eigenvalue weighted by atomic mass is 10.1. The molecule has 0 radical (unpaired) electrons. The molecule has 1 amide bonds. The van der Waals surface area contributed by atoms with Crippen LogP contribution in [0.4, 0.5) is 5.69 Å². The predicted octanol–water partition coefficient (Wildman–Crippen LogP) is 3.73. The molecule has 0 bridgehead atoms. The lowest BCUT2D eigenvalue weighted by molar-refractivity contribution is -0.119. The fraction of sp³-hybridized carbons (Fsp3) is 0.227. The van der Waals surface area contributed by atoms with Gasteiger partial charge in [0.25, 0.3) is 0 Å². The fourth-order valence-corrected chi connectivity index (χ4v) is 3.46. The molecular formula is C22H21N3O3. The van der Waals surface area contributed by atoms with Crippen molar-refractivity contribution in [1.29, 1.82) is 0 Å². The Hall–Kier alpha value is -3.41. The van der Waals surface area contributed by atoms with Gasteiger partial charge in [-0.1, -0.05) is 23.8 Å². The highest BCUT2D eigenvalue weighted by atomic mass is 16.4. The first kappa shape index (κ1) is 18.0. The molecule has 2 aromatic heterocycles. The number of aromatic nitrogens is 2. The van der Waals surface area contributed by atoms with E-state index in [2.05, 4.69) is 5.10 Å². The summed E-state index contributed by atoms with van der Waals surface area (Å²) < 4.78 is 6.97. The summed E-state index contributed by atoms with van der Waals surface area (Å²) in [7, 11) is 1.76. The van der Waals surface area contributed by atoms with Crippen LogP contribution >= 0.6 is 0 Å². The van der Waals surface area contributed by atoms with Crippen molar-refractivity contribution < 1.29 is 9.21 Å². The third-order valence-electron chi connectivity index (χ3n) is 5.04. The lowest BCUT2D eigenvalue weighted by Crippen LogP contribution is -2.31. The Morgan fingerprint density at radius 3 is 2.57 bits per heavy atom. The summed E-state index contributed by atoms with van der Waals surface area (Å²) >= 11 is 0. The summed E-state index contributed by atoms with van der Waals surface area (Å²) in [5, 5.41) is 5.45. The summed E-state index contributed by atoms with van der Waals surface area (Å²) in [6.45, 7) is 5.97. The van der Waals surface area contributed by atoms with Crippen molar-refractivity contribution in [2.24, 2.45) is 0 Å². The van der Waals surface area contributed by atoms with E-state index in [-0.39, 0.29) is 12.5 Å². The van der Waals surface area contributed by atoms with Crippen molar-refractivity contribution in [2.45, 2.75) is 27.3 Å². The van der Waals surface area contributed by atoms with Crippen LogP contribution in [0.1, 0.15) is 16.7 Å². The van der Waals surface area contributed by atoms with Crippen molar-refractivity contribution in [3.8, 4) is 0 Å².